The van der Waals surface area contributed by atoms with Crippen LogP contribution in [0.15, 0.2) is 29.4 Å². The molecule has 0 saturated heterocycles. The molecule has 0 unspecified atom stereocenters. The largest absolute Gasteiger partial charge is 0.273 e. The average Bonchev–Trinajstić information content (AvgIpc) is 3.18. The second-order valence-electron chi connectivity index (χ2n) is 6.82. The lowest BCUT2D eigenvalue weighted by molar-refractivity contribution is -0.384. The molecule has 122 valence electrons. The summed E-state index contributed by atoms with van der Waals surface area (Å²) < 4.78 is 0. The van der Waals surface area contributed by atoms with Crippen molar-refractivity contribution in [1.82, 2.24) is 5.43 Å². The van der Waals surface area contributed by atoms with Crippen LogP contribution in [0.5, 0.6) is 0 Å². The third kappa shape index (κ3) is 2.85. The first kappa shape index (κ1) is 15.6. The van der Waals surface area contributed by atoms with Crippen LogP contribution in [0.4, 0.5) is 5.69 Å². The van der Waals surface area contributed by atoms with Crippen molar-refractivity contribution in [1.29, 1.82) is 0 Å². The highest BCUT2D eigenvalue weighted by Crippen LogP contribution is 2.66. The Kier molecular flexibility index (Phi) is 3.92. The number of benzene rings is 1. The summed E-state index contributed by atoms with van der Waals surface area (Å²) in [5.41, 5.74) is 4.02. The van der Waals surface area contributed by atoms with Gasteiger partial charge in [-0.05, 0) is 31.1 Å². The van der Waals surface area contributed by atoms with Gasteiger partial charge in [-0.1, -0.05) is 31.9 Å². The van der Waals surface area contributed by atoms with Gasteiger partial charge in [0.2, 0.25) is 5.91 Å². The van der Waals surface area contributed by atoms with Gasteiger partial charge >= 0.3 is 0 Å². The van der Waals surface area contributed by atoms with Crippen LogP contribution in [0.1, 0.15) is 45.1 Å². The fourth-order valence-electron chi connectivity index (χ4n) is 3.97. The van der Waals surface area contributed by atoms with Crippen molar-refractivity contribution in [2.45, 2.75) is 39.5 Å². The zero-order valence-electron chi connectivity index (χ0n) is 13.4. The van der Waals surface area contributed by atoms with E-state index in [9.17, 15) is 14.9 Å². The minimum Gasteiger partial charge on any atom is -0.273 e. The van der Waals surface area contributed by atoms with Crippen LogP contribution in [0.2, 0.25) is 0 Å². The lowest BCUT2D eigenvalue weighted by atomic mass is 9.90. The van der Waals surface area contributed by atoms with Gasteiger partial charge in [-0.15, -0.1) is 0 Å². The van der Waals surface area contributed by atoms with Gasteiger partial charge in [0.25, 0.3) is 5.69 Å². The normalized spacial score (nSPS) is 29.6. The minimum absolute atomic E-state index is 0.0177. The summed E-state index contributed by atoms with van der Waals surface area (Å²) in [7, 11) is 0. The van der Waals surface area contributed by atoms with Crippen molar-refractivity contribution in [2.24, 2.45) is 22.4 Å². The highest BCUT2D eigenvalue weighted by atomic mass is 16.6. The van der Waals surface area contributed by atoms with Crippen LogP contribution in [0.25, 0.3) is 0 Å². The van der Waals surface area contributed by atoms with E-state index in [1.54, 1.807) is 19.1 Å². The number of nitrogens with one attached hydrogen (secondary N) is 1. The van der Waals surface area contributed by atoms with Crippen LogP contribution in [0, 0.1) is 27.4 Å². The second-order valence-corrected chi connectivity index (χ2v) is 6.82. The molecule has 1 aromatic rings. The molecule has 1 amide bonds. The van der Waals surface area contributed by atoms with Crippen molar-refractivity contribution in [2.75, 3.05) is 0 Å². The number of rotatable bonds is 4. The molecule has 2 aliphatic carbocycles. The highest BCUT2D eigenvalue weighted by molar-refractivity contribution is 6.00. The summed E-state index contributed by atoms with van der Waals surface area (Å²) in [6.45, 7) is 3.93. The first-order valence-electron chi connectivity index (χ1n) is 8.02. The maximum atomic E-state index is 12.4. The van der Waals surface area contributed by atoms with Gasteiger partial charge in [0.05, 0.1) is 10.6 Å². The summed E-state index contributed by atoms with van der Waals surface area (Å²) in [4.78, 5) is 22.7. The number of non-ortho nitro benzene ring substituents is 1. The number of nitro groups is 1. The van der Waals surface area contributed by atoms with E-state index in [4.69, 9.17) is 0 Å². The lowest BCUT2D eigenvalue weighted by Gasteiger charge is -2.15. The van der Waals surface area contributed by atoms with Gasteiger partial charge in [0.1, 0.15) is 0 Å². The number of hydrogen-bond donors (Lipinski definition) is 1. The van der Waals surface area contributed by atoms with Crippen molar-refractivity contribution in [3.05, 3.63) is 39.9 Å². The molecular formula is C17H21N3O3. The first-order valence-corrected chi connectivity index (χ1v) is 8.02. The zero-order chi connectivity index (χ0) is 16.6. The zero-order valence-corrected chi connectivity index (χ0v) is 13.4. The van der Waals surface area contributed by atoms with Crippen LogP contribution in [-0.4, -0.2) is 16.5 Å². The number of amides is 1. The molecule has 0 bridgehead atoms. The molecule has 1 N–H and O–H groups in total. The first-order chi connectivity index (χ1) is 10.9. The van der Waals surface area contributed by atoms with Crippen LogP contribution in [0.3, 0.4) is 0 Å². The van der Waals surface area contributed by atoms with Crippen LogP contribution < -0.4 is 5.43 Å². The Morgan fingerprint density at radius 2 is 2.22 bits per heavy atom. The van der Waals surface area contributed by atoms with Gasteiger partial charge in [0.15, 0.2) is 0 Å². The number of nitro benzene ring substituents is 1. The monoisotopic (exact) mass is 315 g/mol. The number of nitrogens with zero attached hydrogens (tertiary/aromatic N) is 2. The maximum Gasteiger partial charge on any atom is 0.270 e. The van der Waals surface area contributed by atoms with Gasteiger partial charge in [-0.25, -0.2) is 5.43 Å². The van der Waals surface area contributed by atoms with Gasteiger partial charge < -0.3 is 0 Å². The minimum atomic E-state index is -0.439. The molecule has 23 heavy (non-hydrogen) atoms. The predicted molar refractivity (Wildman–Crippen MR) is 87.0 cm³/mol. The molecule has 0 aromatic heterocycles. The predicted octanol–water partition coefficient (Wildman–Crippen LogP) is 3.26. The molecular weight excluding hydrogens is 294 g/mol. The standard InChI is InChI=1S/C17H21N3O3/c1-11(12-6-5-7-13(10-12)20(22)23)18-19-16(21)15-14-8-3-4-9-17(14,15)2/h5-7,10,14-15H,3-4,8-9H2,1-2H3,(H,19,21)/b18-11-/t14-,15-,17-/m0/s1. The summed E-state index contributed by atoms with van der Waals surface area (Å²) in [6.07, 6.45) is 4.65. The van der Waals surface area contributed by atoms with Gasteiger partial charge in [-0.3, -0.25) is 14.9 Å². The van der Waals surface area contributed by atoms with E-state index in [1.165, 1.54) is 25.0 Å². The molecule has 3 atom stereocenters. The molecule has 6 nitrogen and oxygen atoms in total. The SMILES string of the molecule is C/C(=N/NC(=O)[C@@H]1[C@@H]2CCCC[C@]12C)c1cccc([N+](=O)[O-])c1. The molecule has 2 aliphatic rings. The average molecular weight is 315 g/mol. The van der Waals surface area contributed by atoms with Crippen molar-refractivity contribution in [3.8, 4) is 0 Å². The third-order valence-electron chi connectivity index (χ3n) is 5.42. The number of hydrogen-bond acceptors (Lipinski definition) is 4. The van der Waals surface area contributed by atoms with E-state index in [0.29, 0.717) is 17.2 Å². The molecule has 1 aromatic carbocycles. The maximum absolute atomic E-state index is 12.4. The number of hydrazone groups is 1. The molecule has 0 radical (unpaired) electrons. The van der Waals surface area contributed by atoms with E-state index in [2.05, 4.69) is 17.5 Å². The van der Waals surface area contributed by atoms with E-state index in [1.807, 2.05) is 0 Å². The van der Waals surface area contributed by atoms with Gasteiger partial charge in [0, 0.05) is 23.6 Å². The molecule has 2 saturated carbocycles. The molecule has 0 spiro atoms. The molecule has 3 rings (SSSR count). The number of carbonyl (C=O) groups is 1. The van der Waals surface area contributed by atoms with Crippen molar-refractivity contribution < 1.29 is 9.72 Å². The van der Waals surface area contributed by atoms with E-state index in [-0.39, 0.29) is 22.9 Å². The smallest absolute Gasteiger partial charge is 0.270 e. The van der Waals surface area contributed by atoms with Crippen molar-refractivity contribution in [3.63, 3.8) is 0 Å². The van der Waals surface area contributed by atoms with Crippen molar-refractivity contribution >= 4 is 17.3 Å². The summed E-state index contributed by atoms with van der Waals surface area (Å²) in [6, 6.07) is 6.26. The molecule has 0 aliphatic heterocycles. The highest BCUT2D eigenvalue weighted by Gasteiger charge is 2.64. The number of fused-ring (bicyclic) bond motifs is 1. The van der Waals surface area contributed by atoms with E-state index >= 15 is 0 Å². The van der Waals surface area contributed by atoms with E-state index in [0.717, 1.165) is 12.8 Å². The molecule has 2 fully saturated rings. The van der Waals surface area contributed by atoms with E-state index < -0.39 is 4.92 Å². The topological polar surface area (TPSA) is 84.6 Å². The number of carbonyl (C=O) groups excluding carboxylic acids is 1. The Balaban J connectivity index is 1.67. The Morgan fingerprint density at radius 1 is 1.43 bits per heavy atom. The summed E-state index contributed by atoms with van der Waals surface area (Å²) in [5, 5.41) is 15.0. The fourth-order valence-corrected chi connectivity index (χ4v) is 3.97. The van der Waals surface area contributed by atoms with Crippen LogP contribution in [-0.2, 0) is 4.79 Å². The molecule has 0 heterocycles. The second kappa shape index (κ2) is 5.76. The fraction of sp³-hybridized carbons (Fsp3) is 0.529. The molecule has 6 heteroatoms. The Morgan fingerprint density at radius 3 is 2.87 bits per heavy atom. The third-order valence-corrected chi connectivity index (χ3v) is 5.42. The van der Waals surface area contributed by atoms with Gasteiger partial charge in [-0.2, -0.15) is 5.10 Å². The Bertz CT molecular complexity index is 685. The Labute approximate surface area is 135 Å². The van der Waals surface area contributed by atoms with Crippen LogP contribution >= 0.6 is 0 Å². The Hall–Kier alpha value is -2.24. The quantitative estimate of drug-likeness (QED) is 0.526. The summed E-state index contributed by atoms with van der Waals surface area (Å²) in [5.74, 6) is 0.528. The summed E-state index contributed by atoms with van der Waals surface area (Å²) >= 11 is 0. The lowest BCUT2D eigenvalue weighted by Crippen LogP contribution is -2.23.